The molecule has 0 bridgehead atoms. The van der Waals surface area contributed by atoms with Crippen LogP contribution in [0, 0.1) is 46.3 Å². The van der Waals surface area contributed by atoms with Crippen LogP contribution in [-0.4, -0.2) is 18.4 Å². The Balaban J connectivity index is 1.37. The maximum absolute atomic E-state index is 12.1. The number of rotatable bonds is 7. The number of carbonyl (C=O) groups excluding carboxylic acids is 2. The quantitative estimate of drug-likeness (QED) is 0.394. The number of esters is 1. The number of ketones is 1. The lowest BCUT2D eigenvalue weighted by Gasteiger charge is -2.58. The molecule has 0 aromatic rings. The first-order valence-electron chi connectivity index (χ1n) is 13.5. The second-order valence-corrected chi connectivity index (χ2v) is 12.5. The fourth-order valence-electron chi connectivity index (χ4n) is 8.87. The van der Waals surface area contributed by atoms with Crippen molar-refractivity contribution in [1.29, 1.82) is 0 Å². The van der Waals surface area contributed by atoms with Gasteiger partial charge in [0.15, 0.2) is 5.78 Å². The average Bonchev–Trinajstić information content (AvgIpc) is 3.10. The molecule has 0 N–H and O–H groups in total. The molecule has 0 aromatic carbocycles. The van der Waals surface area contributed by atoms with Crippen LogP contribution in [0.4, 0.5) is 0 Å². The van der Waals surface area contributed by atoms with Crippen molar-refractivity contribution >= 4 is 11.8 Å². The molecule has 3 heteroatoms. The minimum absolute atomic E-state index is 0.162. The predicted molar refractivity (Wildman–Crippen MR) is 129 cm³/mol. The van der Waals surface area contributed by atoms with Crippen molar-refractivity contribution in [2.24, 2.45) is 46.3 Å². The van der Waals surface area contributed by atoms with Gasteiger partial charge in [0.1, 0.15) is 0 Å². The topological polar surface area (TPSA) is 43.4 Å². The highest BCUT2D eigenvalue weighted by Crippen LogP contribution is 2.67. The van der Waals surface area contributed by atoms with E-state index in [-0.39, 0.29) is 5.97 Å². The van der Waals surface area contributed by atoms with Crippen LogP contribution >= 0.6 is 0 Å². The Morgan fingerprint density at radius 3 is 2.59 bits per heavy atom. The molecule has 8 atom stereocenters. The van der Waals surface area contributed by atoms with Crippen LogP contribution in [0.5, 0.6) is 0 Å². The van der Waals surface area contributed by atoms with Crippen molar-refractivity contribution in [3.63, 3.8) is 0 Å². The van der Waals surface area contributed by atoms with Gasteiger partial charge in [0.05, 0.1) is 6.61 Å². The van der Waals surface area contributed by atoms with Crippen molar-refractivity contribution in [1.82, 2.24) is 0 Å². The summed E-state index contributed by atoms with van der Waals surface area (Å²) >= 11 is 0. The number of ether oxygens (including phenoxy) is 1. The zero-order valence-electron chi connectivity index (χ0n) is 21.3. The van der Waals surface area contributed by atoms with Crippen LogP contribution in [0.2, 0.25) is 0 Å². The van der Waals surface area contributed by atoms with Crippen LogP contribution in [0.15, 0.2) is 11.6 Å². The third-order valence-corrected chi connectivity index (χ3v) is 10.6. The van der Waals surface area contributed by atoms with E-state index in [1.165, 1.54) is 57.4 Å². The van der Waals surface area contributed by atoms with E-state index in [1.807, 2.05) is 6.08 Å². The zero-order chi connectivity index (χ0) is 23.1. The number of carbonyl (C=O) groups is 2. The van der Waals surface area contributed by atoms with Crippen molar-refractivity contribution in [2.75, 3.05) is 6.61 Å². The molecule has 0 heterocycles. The molecule has 0 saturated heterocycles. The summed E-state index contributed by atoms with van der Waals surface area (Å²) in [6.07, 6.45) is 15.6. The largest absolute Gasteiger partial charge is 0.466 e. The van der Waals surface area contributed by atoms with E-state index >= 15 is 0 Å². The molecule has 4 aliphatic rings. The minimum atomic E-state index is -0.162. The maximum atomic E-state index is 12.1. The fraction of sp³-hybridized carbons (Fsp3) is 0.862. The van der Waals surface area contributed by atoms with E-state index in [0.29, 0.717) is 29.1 Å². The van der Waals surface area contributed by atoms with Crippen LogP contribution in [0.3, 0.4) is 0 Å². The number of fused-ring (bicyclic) bond motifs is 5. The van der Waals surface area contributed by atoms with E-state index in [9.17, 15) is 9.59 Å². The molecule has 0 aromatic heterocycles. The Morgan fingerprint density at radius 1 is 1.06 bits per heavy atom. The minimum Gasteiger partial charge on any atom is -0.466 e. The van der Waals surface area contributed by atoms with Crippen molar-refractivity contribution < 1.29 is 14.3 Å². The summed E-state index contributed by atoms with van der Waals surface area (Å²) in [4.78, 5) is 23.1. The number of hydrogen-bond acceptors (Lipinski definition) is 3. The Morgan fingerprint density at radius 2 is 1.84 bits per heavy atom. The Labute approximate surface area is 196 Å². The van der Waals surface area contributed by atoms with Gasteiger partial charge >= 0.3 is 5.97 Å². The zero-order valence-corrected chi connectivity index (χ0v) is 21.3. The molecule has 32 heavy (non-hydrogen) atoms. The van der Waals surface area contributed by atoms with Gasteiger partial charge in [-0.2, -0.15) is 0 Å². The molecule has 3 nitrogen and oxygen atoms in total. The summed E-state index contributed by atoms with van der Waals surface area (Å²) in [5, 5.41) is 0. The van der Waals surface area contributed by atoms with Crippen LogP contribution in [-0.2, 0) is 14.3 Å². The van der Waals surface area contributed by atoms with Crippen molar-refractivity contribution in [3.8, 4) is 0 Å². The molecule has 0 aliphatic heterocycles. The Kier molecular flexibility index (Phi) is 6.95. The summed E-state index contributed by atoms with van der Waals surface area (Å²) in [7, 11) is 0. The van der Waals surface area contributed by atoms with Gasteiger partial charge in [0.2, 0.25) is 0 Å². The molecule has 0 spiro atoms. The predicted octanol–water partition coefficient (Wildman–Crippen LogP) is 7.14. The molecule has 180 valence electrons. The maximum Gasteiger partial charge on any atom is 0.302 e. The van der Waals surface area contributed by atoms with Gasteiger partial charge in [0.25, 0.3) is 0 Å². The molecular weight excluding hydrogens is 396 g/mol. The molecule has 0 amide bonds. The van der Waals surface area contributed by atoms with E-state index in [0.717, 1.165) is 55.3 Å². The average molecular weight is 443 g/mol. The lowest BCUT2D eigenvalue weighted by atomic mass is 9.46. The van der Waals surface area contributed by atoms with Crippen LogP contribution in [0.1, 0.15) is 105 Å². The van der Waals surface area contributed by atoms with E-state index in [4.69, 9.17) is 4.74 Å². The van der Waals surface area contributed by atoms with E-state index in [1.54, 1.807) is 0 Å². The fourth-order valence-corrected chi connectivity index (χ4v) is 8.87. The number of allylic oxidation sites excluding steroid dienone is 1. The Hall–Kier alpha value is -1.12. The molecule has 4 aliphatic carbocycles. The van der Waals surface area contributed by atoms with E-state index < -0.39 is 0 Å². The molecule has 8 unspecified atom stereocenters. The van der Waals surface area contributed by atoms with Gasteiger partial charge in [-0.15, -0.1) is 0 Å². The first-order chi connectivity index (χ1) is 15.1. The first-order valence-corrected chi connectivity index (χ1v) is 13.5. The normalized spacial score (nSPS) is 40.5. The van der Waals surface area contributed by atoms with E-state index in [2.05, 4.69) is 27.7 Å². The standard InChI is InChI=1S/C29H46O3/c1-19(18-32-21(3)30)7-6-8-20(2)25-11-12-26-24-10-9-22-17-23(31)13-15-28(22,4)27(24)14-16-29(25,26)5/h17,19-20,24-27H,6-16,18H2,1-5H3. The lowest BCUT2D eigenvalue weighted by Crippen LogP contribution is -2.50. The number of hydrogen-bond donors (Lipinski definition) is 0. The third kappa shape index (κ3) is 4.34. The van der Waals surface area contributed by atoms with Gasteiger partial charge in [0, 0.05) is 13.3 Å². The van der Waals surface area contributed by atoms with Crippen molar-refractivity contribution in [2.45, 2.75) is 105 Å². The van der Waals surface area contributed by atoms with Gasteiger partial charge in [-0.1, -0.05) is 46.1 Å². The summed E-state index contributed by atoms with van der Waals surface area (Å²) in [6, 6.07) is 0. The summed E-state index contributed by atoms with van der Waals surface area (Å²) < 4.78 is 5.19. The third-order valence-electron chi connectivity index (χ3n) is 10.6. The summed E-state index contributed by atoms with van der Waals surface area (Å²) in [5.41, 5.74) is 2.29. The van der Waals surface area contributed by atoms with Gasteiger partial charge in [-0.3, -0.25) is 9.59 Å². The molecule has 3 saturated carbocycles. The van der Waals surface area contributed by atoms with Crippen LogP contribution in [0.25, 0.3) is 0 Å². The highest BCUT2D eigenvalue weighted by Gasteiger charge is 2.59. The van der Waals surface area contributed by atoms with Gasteiger partial charge < -0.3 is 4.74 Å². The molecule has 0 radical (unpaired) electrons. The monoisotopic (exact) mass is 442 g/mol. The second kappa shape index (κ2) is 9.26. The molecule has 4 rings (SSSR count). The summed E-state index contributed by atoms with van der Waals surface area (Å²) in [6.45, 7) is 11.9. The van der Waals surface area contributed by atoms with Gasteiger partial charge in [-0.05, 0) is 104 Å². The highest BCUT2D eigenvalue weighted by molar-refractivity contribution is 5.91. The highest BCUT2D eigenvalue weighted by atomic mass is 16.5. The lowest BCUT2D eigenvalue weighted by molar-refractivity contribution is -0.142. The van der Waals surface area contributed by atoms with Crippen LogP contribution < -0.4 is 0 Å². The Bertz CT molecular complexity index is 754. The molecule has 3 fully saturated rings. The molecular formula is C29H46O3. The first kappa shape index (κ1) is 24.0. The second-order valence-electron chi connectivity index (χ2n) is 12.5. The summed E-state index contributed by atoms with van der Waals surface area (Å²) in [5.74, 6) is 4.85. The smallest absolute Gasteiger partial charge is 0.302 e. The van der Waals surface area contributed by atoms with Crippen molar-refractivity contribution in [3.05, 3.63) is 11.6 Å². The SMILES string of the molecule is CC(=O)OCC(C)CCCC(C)C1CCC2C3CCC4=CC(=O)CCC4(C)C3CCC12C. The van der Waals surface area contributed by atoms with Gasteiger partial charge in [-0.25, -0.2) is 0 Å².